The normalized spacial score (nSPS) is 13.5. The highest BCUT2D eigenvalue weighted by molar-refractivity contribution is 7.89. The van der Waals surface area contributed by atoms with Gasteiger partial charge in [0.05, 0.1) is 17.1 Å². The third kappa shape index (κ3) is 4.12. The molecular formula is C18H18FN3O5S. The standard InChI is InChI=1S/C18H18FN3O5S/c1-11-7-14-15(27-10-18(24)21-14)8-16(11)28(25,26)22(2)9-17(23)20-13-5-3-12(19)4-6-13/h3-8H,9-10H2,1-2H3,(H,20,23)(H,21,24). The third-order valence-corrected chi connectivity index (χ3v) is 6.04. The first-order valence-corrected chi connectivity index (χ1v) is 9.70. The van der Waals surface area contributed by atoms with Crippen molar-refractivity contribution < 1.29 is 27.1 Å². The first kappa shape index (κ1) is 19.8. The fraction of sp³-hybridized carbons (Fsp3) is 0.222. The largest absolute Gasteiger partial charge is 0.482 e. The maximum atomic E-state index is 12.9. The van der Waals surface area contributed by atoms with Crippen molar-refractivity contribution in [2.75, 3.05) is 30.8 Å². The number of sulfonamides is 1. The molecule has 0 saturated heterocycles. The van der Waals surface area contributed by atoms with Crippen LogP contribution in [0.2, 0.25) is 0 Å². The van der Waals surface area contributed by atoms with Crippen molar-refractivity contribution in [1.29, 1.82) is 0 Å². The summed E-state index contributed by atoms with van der Waals surface area (Å²) in [5.41, 5.74) is 1.14. The maximum Gasteiger partial charge on any atom is 0.262 e. The van der Waals surface area contributed by atoms with Gasteiger partial charge in [-0.2, -0.15) is 4.31 Å². The number of ether oxygens (including phenoxy) is 1. The number of nitrogens with one attached hydrogen (secondary N) is 2. The van der Waals surface area contributed by atoms with Crippen LogP contribution in [0.4, 0.5) is 15.8 Å². The van der Waals surface area contributed by atoms with Gasteiger partial charge in [-0.05, 0) is 42.8 Å². The zero-order valence-electron chi connectivity index (χ0n) is 15.2. The summed E-state index contributed by atoms with van der Waals surface area (Å²) >= 11 is 0. The van der Waals surface area contributed by atoms with Gasteiger partial charge in [0.2, 0.25) is 15.9 Å². The second-order valence-electron chi connectivity index (χ2n) is 6.27. The van der Waals surface area contributed by atoms with Gasteiger partial charge in [-0.15, -0.1) is 0 Å². The monoisotopic (exact) mass is 407 g/mol. The van der Waals surface area contributed by atoms with Crippen LogP contribution in [0.3, 0.4) is 0 Å². The number of fused-ring (bicyclic) bond motifs is 1. The number of carbonyl (C=O) groups is 2. The molecule has 0 aromatic heterocycles. The molecule has 0 aliphatic carbocycles. The first-order valence-electron chi connectivity index (χ1n) is 8.26. The molecule has 0 atom stereocenters. The van der Waals surface area contributed by atoms with Crippen LogP contribution in [0.1, 0.15) is 5.56 Å². The van der Waals surface area contributed by atoms with Crippen molar-refractivity contribution >= 4 is 33.2 Å². The van der Waals surface area contributed by atoms with Crippen molar-refractivity contribution in [2.24, 2.45) is 0 Å². The number of benzene rings is 2. The molecule has 1 aliphatic heterocycles. The molecule has 2 aromatic carbocycles. The van der Waals surface area contributed by atoms with E-state index in [2.05, 4.69) is 10.6 Å². The molecule has 0 fully saturated rings. The zero-order chi connectivity index (χ0) is 20.5. The molecule has 0 unspecified atom stereocenters. The van der Waals surface area contributed by atoms with Crippen molar-refractivity contribution in [3.05, 3.63) is 47.8 Å². The molecule has 28 heavy (non-hydrogen) atoms. The molecule has 148 valence electrons. The lowest BCUT2D eigenvalue weighted by molar-refractivity contribution is -0.118. The summed E-state index contributed by atoms with van der Waals surface area (Å²) in [5, 5.41) is 5.12. The average molecular weight is 407 g/mol. The number of halogens is 1. The van der Waals surface area contributed by atoms with Gasteiger partial charge < -0.3 is 15.4 Å². The Bertz CT molecular complexity index is 1040. The lowest BCUT2D eigenvalue weighted by Crippen LogP contribution is -2.35. The first-order chi connectivity index (χ1) is 13.2. The highest BCUT2D eigenvalue weighted by Crippen LogP contribution is 2.33. The maximum absolute atomic E-state index is 12.9. The Hall–Kier alpha value is -2.98. The minimum Gasteiger partial charge on any atom is -0.482 e. The second-order valence-corrected chi connectivity index (χ2v) is 8.28. The summed E-state index contributed by atoms with van der Waals surface area (Å²) in [6, 6.07) is 7.96. The molecule has 2 amide bonds. The number of amides is 2. The van der Waals surface area contributed by atoms with Crippen LogP contribution in [-0.2, 0) is 19.6 Å². The fourth-order valence-electron chi connectivity index (χ4n) is 2.68. The van der Waals surface area contributed by atoms with Crippen molar-refractivity contribution in [3.63, 3.8) is 0 Å². The minimum absolute atomic E-state index is 0.0283. The highest BCUT2D eigenvalue weighted by atomic mass is 32.2. The molecule has 1 aliphatic rings. The van der Waals surface area contributed by atoms with Gasteiger partial charge in [0.1, 0.15) is 11.6 Å². The van der Waals surface area contributed by atoms with E-state index in [0.29, 0.717) is 16.9 Å². The van der Waals surface area contributed by atoms with E-state index in [4.69, 9.17) is 4.74 Å². The highest BCUT2D eigenvalue weighted by Gasteiger charge is 2.28. The molecule has 0 bridgehead atoms. The van der Waals surface area contributed by atoms with E-state index in [1.54, 1.807) is 6.92 Å². The van der Waals surface area contributed by atoms with Gasteiger partial charge in [0, 0.05) is 18.8 Å². The summed E-state index contributed by atoms with van der Waals surface area (Å²) in [4.78, 5) is 23.5. The van der Waals surface area contributed by atoms with Gasteiger partial charge in [-0.25, -0.2) is 12.8 Å². The van der Waals surface area contributed by atoms with Crippen LogP contribution in [0, 0.1) is 12.7 Å². The Balaban J connectivity index is 1.77. The summed E-state index contributed by atoms with van der Waals surface area (Å²) in [6.07, 6.45) is 0. The third-order valence-electron chi connectivity index (χ3n) is 4.09. The number of hydrogen-bond donors (Lipinski definition) is 2. The number of likely N-dealkylation sites (N-methyl/N-ethyl adjacent to an activating group) is 1. The Morgan fingerprint density at radius 3 is 2.64 bits per heavy atom. The SMILES string of the molecule is Cc1cc2c(cc1S(=O)(=O)N(C)CC(=O)Nc1ccc(F)cc1)OCC(=O)N2. The van der Waals surface area contributed by atoms with Crippen LogP contribution < -0.4 is 15.4 Å². The van der Waals surface area contributed by atoms with Crippen molar-refractivity contribution in [3.8, 4) is 5.75 Å². The van der Waals surface area contributed by atoms with E-state index < -0.39 is 28.3 Å². The van der Waals surface area contributed by atoms with E-state index in [9.17, 15) is 22.4 Å². The number of rotatable bonds is 5. The lowest BCUT2D eigenvalue weighted by Gasteiger charge is -2.22. The van der Waals surface area contributed by atoms with Gasteiger partial charge in [-0.3, -0.25) is 9.59 Å². The lowest BCUT2D eigenvalue weighted by atomic mass is 10.2. The Morgan fingerprint density at radius 1 is 1.29 bits per heavy atom. The van der Waals surface area contributed by atoms with Gasteiger partial charge in [0.15, 0.2) is 6.61 Å². The molecule has 8 nitrogen and oxygen atoms in total. The number of anilines is 2. The quantitative estimate of drug-likeness (QED) is 0.785. The molecule has 1 heterocycles. The van der Waals surface area contributed by atoms with Gasteiger partial charge in [-0.1, -0.05) is 0 Å². The van der Waals surface area contributed by atoms with Gasteiger partial charge >= 0.3 is 0 Å². The van der Waals surface area contributed by atoms with Crippen LogP contribution in [0.15, 0.2) is 41.3 Å². The molecule has 10 heteroatoms. The smallest absolute Gasteiger partial charge is 0.262 e. The second kappa shape index (κ2) is 7.56. The predicted octanol–water partition coefficient (Wildman–Crippen LogP) is 1.72. The Labute approximate surface area is 161 Å². The summed E-state index contributed by atoms with van der Waals surface area (Å²) in [5.74, 6) is -1.10. The molecule has 2 aromatic rings. The topological polar surface area (TPSA) is 105 Å². The van der Waals surface area contributed by atoms with Crippen LogP contribution in [0.25, 0.3) is 0 Å². The number of aryl methyl sites for hydroxylation is 1. The van der Waals surface area contributed by atoms with Crippen molar-refractivity contribution in [2.45, 2.75) is 11.8 Å². The van der Waals surface area contributed by atoms with E-state index >= 15 is 0 Å². The van der Waals surface area contributed by atoms with Crippen LogP contribution in [0.5, 0.6) is 5.75 Å². The number of nitrogens with zero attached hydrogens (tertiary/aromatic N) is 1. The number of hydrogen-bond acceptors (Lipinski definition) is 5. The summed E-state index contributed by atoms with van der Waals surface area (Å²) < 4.78 is 44.9. The van der Waals surface area contributed by atoms with Crippen LogP contribution >= 0.6 is 0 Å². The summed E-state index contributed by atoms with van der Waals surface area (Å²) in [6.45, 7) is 0.944. The Morgan fingerprint density at radius 2 is 1.96 bits per heavy atom. The predicted molar refractivity (Wildman–Crippen MR) is 100 cm³/mol. The summed E-state index contributed by atoms with van der Waals surface area (Å²) in [7, 11) is -2.71. The average Bonchev–Trinajstić information content (AvgIpc) is 2.62. The molecule has 2 N–H and O–H groups in total. The van der Waals surface area contributed by atoms with E-state index in [1.807, 2.05) is 0 Å². The van der Waals surface area contributed by atoms with Crippen molar-refractivity contribution in [1.82, 2.24) is 4.31 Å². The molecule has 0 radical (unpaired) electrons. The Kier molecular flexibility index (Phi) is 5.34. The molecule has 3 rings (SSSR count). The van der Waals surface area contributed by atoms with E-state index in [-0.39, 0.29) is 23.2 Å². The number of carbonyl (C=O) groups excluding carboxylic acids is 2. The van der Waals surface area contributed by atoms with Crippen LogP contribution in [-0.4, -0.2) is 44.7 Å². The fourth-order valence-corrected chi connectivity index (χ4v) is 4.03. The van der Waals surface area contributed by atoms with E-state index in [0.717, 1.165) is 4.31 Å². The molecule has 0 spiro atoms. The van der Waals surface area contributed by atoms with E-state index in [1.165, 1.54) is 43.4 Å². The molecule has 0 saturated carbocycles. The minimum atomic E-state index is -3.99. The molecular weight excluding hydrogens is 389 g/mol. The zero-order valence-corrected chi connectivity index (χ0v) is 16.0. The van der Waals surface area contributed by atoms with Gasteiger partial charge in [0.25, 0.3) is 5.91 Å².